The Bertz CT molecular complexity index is 182. The highest BCUT2D eigenvalue weighted by atomic mass is 16.2. The third-order valence-electron chi connectivity index (χ3n) is 2.87. The number of likely N-dealkylation sites (N-methyl/N-ethyl adjacent to an activating group) is 1. The second kappa shape index (κ2) is 4.61. The topological polar surface area (TPSA) is 41.1 Å². The minimum absolute atomic E-state index is 0.0732. The molecule has 0 heterocycles. The molecule has 0 bridgehead atoms. The molecule has 3 heteroatoms. The van der Waals surface area contributed by atoms with Crippen LogP contribution in [0.2, 0.25) is 0 Å². The summed E-state index contributed by atoms with van der Waals surface area (Å²) in [6, 6.07) is 0.342. The van der Waals surface area contributed by atoms with Crippen LogP contribution in [0.1, 0.15) is 33.1 Å². The lowest BCUT2D eigenvalue weighted by molar-refractivity contribution is -0.123. The number of carbonyl (C=O) groups is 1. The number of hydrogen-bond donors (Lipinski definition) is 2. The van der Waals surface area contributed by atoms with Crippen LogP contribution < -0.4 is 10.6 Å². The first-order chi connectivity index (χ1) is 6.13. The fourth-order valence-corrected chi connectivity index (χ4v) is 1.80. The Labute approximate surface area is 80.3 Å². The SMILES string of the molecule is CN[C@@H](C)C(=O)NC1CCC(C)C1. The molecule has 76 valence electrons. The Morgan fingerprint density at radius 3 is 2.62 bits per heavy atom. The number of hydrogen-bond acceptors (Lipinski definition) is 2. The monoisotopic (exact) mass is 184 g/mol. The van der Waals surface area contributed by atoms with E-state index in [-0.39, 0.29) is 11.9 Å². The molecule has 1 fully saturated rings. The van der Waals surface area contributed by atoms with Gasteiger partial charge in [0.2, 0.25) is 5.91 Å². The maximum atomic E-state index is 11.5. The van der Waals surface area contributed by atoms with Gasteiger partial charge in [0.1, 0.15) is 0 Å². The third-order valence-corrected chi connectivity index (χ3v) is 2.87. The van der Waals surface area contributed by atoms with Crippen molar-refractivity contribution in [2.45, 2.75) is 45.2 Å². The molecule has 0 aromatic heterocycles. The van der Waals surface area contributed by atoms with Gasteiger partial charge in [-0.05, 0) is 39.2 Å². The largest absolute Gasteiger partial charge is 0.352 e. The molecule has 0 radical (unpaired) electrons. The molecule has 3 atom stereocenters. The first-order valence-electron chi connectivity index (χ1n) is 5.11. The first kappa shape index (κ1) is 10.5. The van der Waals surface area contributed by atoms with Crippen LogP contribution in [-0.2, 0) is 4.79 Å². The summed E-state index contributed by atoms with van der Waals surface area (Å²) in [5.41, 5.74) is 0. The summed E-state index contributed by atoms with van der Waals surface area (Å²) in [6.45, 7) is 4.13. The zero-order valence-electron chi connectivity index (χ0n) is 8.76. The van der Waals surface area contributed by atoms with E-state index in [2.05, 4.69) is 17.6 Å². The number of nitrogens with one attached hydrogen (secondary N) is 2. The van der Waals surface area contributed by atoms with E-state index in [0.717, 1.165) is 18.8 Å². The van der Waals surface area contributed by atoms with E-state index in [1.54, 1.807) is 0 Å². The Hall–Kier alpha value is -0.570. The lowest BCUT2D eigenvalue weighted by Gasteiger charge is -2.16. The molecule has 3 nitrogen and oxygen atoms in total. The van der Waals surface area contributed by atoms with Gasteiger partial charge >= 0.3 is 0 Å². The first-order valence-corrected chi connectivity index (χ1v) is 5.11. The van der Waals surface area contributed by atoms with Gasteiger partial charge in [-0.1, -0.05) is 6.92 Å². The summed E-state index contributed by atoms with van der Waals surface area (Å²) in [5.74, 6) is 0.900. The Morgan fingerprint density at radius 2 is 2.15 bits per heavy atom. The van der Waals surface area contributed by atoms with Crippen molar-refractivity contribution in [3.8, 4) is 0 Å². The molecule has 1 aliphatic rings. The molecular weight excluding hydrogens is 164 g/mol. The van der Waals surface area contributed by atoms with Crippen molar-refractivity contribution in [3.05, 3.63) is 0 Å². The van der Waals surface area contributed by atoms with E-state index in [9.17, 15) is 4.79 Å². The summed E-state index contributed by atoms with van der Waals surface area (Å²) < 4.78 is 0. The average molecular weight is 184 g/mol. The van der Waals surface area contributed by atoms with Gasteiger partial charge in [-0.2, -0.15) is 0 Å². The van der Waals surface area contributed by atoms with E-state index < -0.39 is 0 Å². The van der Waals surface area contributed by atoms with Crippen LogP contribution in [0.15, 0.2) is 0 Å². The number of rotatable bonds is 3. The minimum Gasteiger partial charge on any atom is -0.352 e. The molecule has 2 N–H and O–H groups in total. The van der Waals surface area contributed by atoms with Crippen molar-refractivity contribution >= 4 is 5.91 Å². The average Bonchev–Trinajstić information content (AvgIpc) is 2.49. The van der Waals surface area contributed by atoms with Crippen molar-refractivity contribution in [2.75, 3.05) is 7.05 Å². The predicted molar refractivity (Wildman–Crippen MR) is 53.5 cm³/mol. The molecule has 1 aliphatic carbocycles. The van der Waals surface area contributed by atoms with Gasteiger partial charge in [-0.15, -0.1) is 0 Å². The van der Waals surface area contributed by atoms with Crippen LogP contribution >= 0.6 is 0 Å². The highest BCUT2D eigenvalue weighted by Gasteiger charge is 2.23. The smallest absolute Gasteiger partial charge is 0.237 e. The van der Waals surface area contributed by atoms with Crippen LogP contribution in [0.4, 0.5) is 0 Å². The van der Waals surface area contributed by atoms with Crippen molar-refractivity contribution < 1.29 is 4.79 Å². The molecule has 1 saturated carbocycles. The molecule has 0 spiro atoms. The highest BCUT2D eigenvalue weighted by molar-refractivity contribution is 5.81. The fourth-order valence-electron chi connectivity index (χ4n) is 1.80. The van der Waals surface area contributed by atoms with Gasteiger partial charge in [0.25, 0.3) is 0 Å². The zero-order valence-corrected chi connectivity index (χ0v) is 8.76. The van der Waals surface area contributed by atoms with Gasteiger partial charge in [0, 0.05) is 6.04 Å². The van der Waals surface area contributed by atoms with E-state index in [1.807, 2.05) is 14.0 Å². The molecule has 1 rings (SSSR count). The zero-order chi connectivity index (χ0) is 9.84. The molecule has 13 heavy (non-hydrogen) atoms. The summed E-state index contributed by atoms with van der Waals surface area (Å²) in [7, 11) is 1.81. The van der Waals surface area contributed by atoms with E-state index in [1.165, 1.54) is 6.42 Å². The van der Waals surface area contributed by atoms with Gasteiger partial charge in [0.15, 0.2) is 0 Å². The maximum absolute atomic E-state index is 11.5. The van der Waals surface area contributed by atoms with Gasteiger partial charge < -0.3 is 10.6 Å². The molecule has 0 aliphatic heterocycles. The van der Waals surface area contributed by atoms with Gasteiger partial charge in [0.05, 0.1) is 6.04 Å². The Kier molecular flexibility index (Phi) is 3.72. The molecule has 0 saturated heterocycles. The van der Waals surface area contributed by atoms with Crippen LogP contribution in [0.25, 0.3) is 0 Å². The van der Waals surface area contributed by atoms with Crippen LogP contribution in [-0.4, -0.2) is 25.0 Å². The van der Waals surface area contributed by atoms with Crippen molar-refractivity contribution in [1.82, 2.24) is 10.6 Å². The van der Waals surface area contributed by atoms with Crippen molar-refractivity contribution in [1.29, 1.82) is 0 Å². The van der Waals surface area contributed by atoms with Crippen LogP contribution in [0.3, 0.4) is 0 Å². The van der Waals surface area contributed by atoms with Crippen LogP contribution in [0.5, 0.6) is 0 Å². The normalized spacial score (nSPS) is 30.1. The molecule has 1 amide bonds. The van der Waals surface area contributed by atoms with E-state index >= 15 is 0 Å². The lowest BCUT2D eigenvalue weighted by atomic mass is 10.1. The van der Waals surface area contributed by atoms with E-state index in [0.29, 0.717) is 6.04 Å². The van der Waals surface area contributed by atoms with Crippen molar-refractivity contribution in [2.24, 2.45) is 5.92 Å². The predicted octanol–water partition coefficient (Wildman–Crippen LogP) is 0.899. The fraction of sp³-hybridized carbons (Fsp3) is 0.900. The third kappa shape index (κ3) is 2.99. The minimum atomic E-state index is -0.0732. The Morgan fingerprint density at radius 1 is 1.46 bits per heavy atom. The Balaban J connectivity index is 2.28. The second-order valence-corrected chi connectivity index (χ2v) is 4.13. The second-order valence-electron chi connectivity index (χ2n) is 4.13. The lowest BCUT2D eigenvalue weighted by Crippen LogP contribution is -2.44. The van der Waals surface area contributed by atoms with Gasteiger partial charge in [-0.25, -0.2) is 0 Å². The molecular formula is C10H20N2O. The molecule has 0 aromatic carbocycles. The standard InChI is InChI=1S/C10H20N2O/c1-7-4-5-9(6-7)12-10(13)8(2)11-3/h7-9,11H,4-6H2,1-3H3,(H,12,13)/t7?,8-,9?/m0/s1. The molecule has 0 aromatic rings. The maximum Gasteiger partial charge on any atom is 0.237 e. The molecule has 2 unspecified atom stereocenters. The number of carbonyl (C=O) groups excluding carboxylic acids is 1. The quantitative estimate of drug-likeness (QED) is 0.684. The summed E-state index contributed by atoms with van der Waals surface area (Å²) in [6.07, 6.45) is 3.53. The van der Waals surface area contributed by atoms with E-state index in [4.69, 9.17) is 0 Å². The highest BCUT2D eigenvalue weighted by Crippen LogP contribution is 2.24. The summed E-state index contributed by atoms with van der Waals surface area (Å²) in [4.78, 5) is 11.5. The van der Waals surface area contributed by atoms with Crippen LogP contribution in [0, 0.1) is 5.92 Å². The number of amides is 1. The van der Waals surface area contributed by atoms with Gasteiger partial charge in [-0.3, -0.25) is 4.79 Å². The summed E-state index contributed by atoms with van der Waals surface area (Å²) in [5, 5.41) is 6.00. The van der Waals surface area contributed by atoms with Crippen molar-refractivity contribution in [3.63, 3.8) is 0 Å². The summed E-state index contributed by atoms with van der Waals surface area (Å²) >= 11 is 0.